The fraction of sp³-hybridized carbons (Fsp3) is 0.182. The maximum Gasteiger partial charge on any atom is 0.250 e. The Labute approximate surface area is 91.9 Å². The van der Waals surface area contributed by atoms with E-state index in [-0.39, 0.29) is 0 Å². The molecule has 1 aromatic rings. The van der Waals surface area contributed by atoms with E-state index >= 15 is 0 Å². The molecule has 0 heterocycles. The summed E-state index contributed by atoms with van der Waals surface area (Å²) in [7, 11) is 0. The highest BCUT2D eigenvalue weighted by molar-refractivity contribution is 9.10. The Morgan fingerprint density at radius 3 is 2.86 bits per heavy atom. The lowest BCUT2D eigenvalue weighted by atomic mass is 10.0. The summed E-state index contributed by atoms with van der Waals surface area (Å²) in [6, 6.07) is 5.63. The lowest BCUT2D eigenvalue weighted by Crippen LogP contribution is -2.14. The molecule has 1 aromatic carbocycles. The molecule has 0 aliphatic carbocycles. The molecule has 0 aliphatic heterocycles. The molecule has 14 heavy (non-hydrogen) atoms. The van der Waals surface area contributed by atoms with Crippen LogP contribution in [-0.4, -0.2) is 5.91 Å². The highest BCUT2D eigenvalue weighted by atomic mass is 79.9. The van der Waals surface area contributed by atoms with E-state index in [4.69, 9.17) is 5.73 Å². The zero-order valence-corrected chi connectivity index (χ0v) is 9.38. The molecule has 0 bridgehead atoms. The van der Waals surface area contributed by atoms with Crippen LogP contribution in [0.5, 0.6) is 0 Å². The zero-order chi connectivity index (χ0) is 10.6. The molecule has 0 atom stereocenters. The van der Waals surface area contributed by atoms with Crippen molar-refractivity contribution >= 4 is 21.8 Å². The topological polar surface area (TPSA) is 43.1 Å². The monoisotopic (exact) mass is 253 g/mol. The molecule has 0 aromatic heterocycles. The van der Waals surface area contributed by atoms with Crippen LogP contribution in [0.15, 0.2) is 35.3 Å². The number of allylic oxidation sites excluding steroid dienone is 1. The molecule has 3 heteroatoms. The summed E-state index contributed by atoms with van der Waals surface area (Å²) >= 11 is 3.31. The van der Waals surface area contributed by atoms with Crippen molar-refractivity contribution in [2.45, 2.75) is 12.8 Å². The highest BCUT2D eigenvalue weighted by Crippen LogP contribution is 2.21. The van der Waals surface area contributed by atoms with Gasteiger partial charge in [0.25, 0.3) is 0 Å². The van der Waals surface area contributed by atoms with Crippen LogP contribution in [0.2, 0.25) is 0 Å². The van der Waals surface area contributed by atoms with Crippen LogP contribution < -0.4 is 5.73 Å². The number of halogens is 1. The molecule has 0 radical (unpaired) electrons. The van der Waals surface area contributed by atoms with Gasteiger partial charge in [0, 0.05) is 4.47 Å². The van der Waals surface area contributed by atoms with Gasteiger partial charge in [0.15, 0.2) is 0 Å². The molecule has 2 nitrogen and oxygen atoms in total. The fourth-order valence-corrected chi connectivity index (χ4v) is 1.91. The SMILES string of the molecule is C=CCCc1cccc(Br)c1C(N)=O. The summed E-state index contributed by atoms with van der Waals surface area (Å²) in [5.74, 6) is -0.392. The van der Waals surface area contributed by atoms with E-state index in [9.17, 15) is 4.79 Å². The molecule has 0 aliphatic rings. The third kappa shape index (κ3) is 2.45. The fourth-order valence-electron chi connectivity index (χ4n) is 1.31. The zero-order valence-electron chi connectivity index (χ0n) is 7.79. The number of amides is 1. The van der Waals surface area contributed by atoms with Crippen molar-refractivity contribution in [1.29, 1.82) is 0 Å². The summed E-state index contributed by atoms with van der Waals surface area (Å²) in [5, 5.41) is 0. The Morgan fingerprint density at radius 1 is 1.57 bits per heavy atom. The normalized spacial score (nSPS) is 9.79. The summed E-state index contributed by atoms with van der Waals surface area (Å²) in [5.41, 5.74) is 6.84. The lowest BCUT2D eigenvalue weighted by molar-refractivity contribution is 0.0998. The van der Waals surface area contributed by atoms with E-state index < -0.39 is 5.91 Å². The summed E-state index contributed by atoms with van der Waals surface area (Å²) in [6.45, 7) is 3.64. The first-order valence-corrected chi connectivity index (χ1v) is 5.14. The third-order valence-electron chi connectivity index (χ3n) is 1.96. The second-order valence-corrected chi connectivity index (χ2v) is 3.82. The Bertz CT molecular complexity index is 360. The van der Waals surface area contributed by atoms with E-state index in [1.165, 1.54) is 0 Å². The van der Waals surface area contributed by atoms with Crippen molar-refractivity contribution in [3.63, 3.8) is 0 Å². The molecular formula is C11H12BrNO. The van der Waals surface area contributed by atoms with E-state index in [1.807, 2.05) is 24.3 Å². The van der Waals surface area contributed by atoms with Gasteiger partial charge in [0.05, 0.1) is 5.56 Å². The first kappa shape index (κ1) is 11.0. The van der Waals surface area contributed by atoms with E-state index in [2.05, 4.69) is 22.5 Å². The van der Waals surface area contributed by atoms with Gasteiger partial charge in [-0.05, 0) is 40.4 Å². The van der Waals surface area contributed by atoms with Gasteiger partial charge in [-0.1, -0.05) is 18.2 Å². The van der Waals surface area contributed by atoms with Gasteiger partial charge in [-0.15, -0.1) is 6.58 Å². The first-order chi connectivity index (χ1) is 6.66. The van der Waals surface area contributed by atoms with Crippen LogP contribution in [-0.2, 0) is 6.42 Å². The molecule has 2 N–H and O–H groups in total. The number of carbonyl (C=O) groups excluding carboxylic acids is 1. The molecule has 0 saturated heterocycles. The summed E-state index contributed by atoms with van der Waals surface area (Å²) in [4.78, 5) is 11.2. The minimum absolute atomic E-state index is 0.392. The van der Waals surface area contributed by atoms with Crippen LogP contribution >= 0.6 is 15.9 Å². The second-order valence-electron chi connectivity index (χ2n) is 2.97. The van der Waals surface area contributed by atoms with Gasteiger partial charge in [-0.2, -0.15) is 0 Å². The molecule has 1 rings (SSSR count). The van der Waals surface area contributed by atoms with Crippen LogP contribution in [0, 0.1) is 0 Å². The van der Waals surface area contributed by atoms with E-state index in [1.54, 1.807) is 0 Å². The molecule has 1 amide bonds. The number of hydrogen-bond acceptors (Lipinski definition) is 1. The summed E-state index contributed by atoms with van der Waals surface area (Å²) < 4.78 is 0.756. The van der Waals surface area contributed by atoms with Crippen LogP contribution in [0.4, 0.5) is 0 Å². The van der Waals surface area contributed by atoms with Gasteiger partial charge in [-0.25, -0.2) is 0 Å². The third-order valence-corrected chi connectivity index (χ3v) is 2.62. The minimum Gasteiger partial charge on any atom is -0.366 e. The van der Waals surface area contributed by atoms with Crippen molar-refractivity contribution in [2.75, 3.05) is 0 Å². The molecule has 0 unspecified atom stereocenters. The van der Waals surface area contributed by atoms with Crippen LogP contribution in [0.25, 0.3) is 0 Å². The number of primary amides is 1. The molecule has 0 spiro atoms. The summed E-state index contributed by atoms with van der Waals surface area (Å²) in [6.07, 6.45) is 3.46. The van der Waals surface area contributed by atoms with E-state index in [0.29, 0.717) is 5.56 Å². The molecule has 0 fully saturated rings. The Hall–Kier alpha value is -1.09. The number of aryl methyl sites for hydroxylation is 1. The predicted molar refractivity (Wildman–Crippen MR) is 61.2 cm³/mol. The number of carbonyl (C=O) groups is 1. The Balaban J connectivity index is 3.07. The van der Waals surface area contributed by atoms with Crippen molar-refractivity contribution in [3.05, 3.63) is 46.5 Å². The van der Waals surface area contributed by atoms with Crippen molar-refractivity contribution in [1.82, 2.24) is 0 Å². The maximum atomic E-state index is 11.2. The highest BCUT2D eigenvalue weighted by Gasteiger charge is 2.10. The van der Waals surface area contributed by atoms with Gasteiger partial charge in [0.2, 0.25) is 5.91 Å². The van der Waals surface area contributed by atoms with Crippen LogP contribution in [0.3, 0.4) is 0 Å². The standard InChI is InChI=1S/C11H12BrNO/c1-2-3-5-8-6-4-7-9(12)10(8)11(13)14/h2,4,6-7H,1,3,5H2,(H2,13,14). The van der Waals surface area contributed by atoms with E-state index in [0.717, 1.165) is 22.9 Å². The lowest BCUT2D eigenvalue weighted by Gasteiger charge is -2.06. The average molecular weight is 254 g/mol. The largest absolute Gasteiger partial charge is 0.366 e. The minimum atomic E-state index is -0.392. The predicted octanol–water partition coefficient (Wildman–Crippen LogP) is 2.67. The van der Waals surface area contributed by atoms with Gasteiger partial charge in [-0.3, -0.25) is 4.79 Å². The van der Waals surface area contributed by atoms with Crippen molar-refractivity contribution < 1.29 is 4.79 Å². The molecule has 74 valence electrons. The maximum absolute atomic E-state index is 11.2. The van der Waals surface area contributed by atoms with Crippen molar-refractivity contribution in [3.8, 4) is 0 Å². The van der Waals surface area contributed by atoms with Gasteiger partial charge in [0.1, 0.15) is 0 Å². The molecular weight excluding hydrogens is 242 g/mol. The Morgan fingerprint density at radius 2 is 2.29 bits per heavy atom. The smallest absolute Gasteiger partial charge is 0.250 e. The number of benzene rings is 1. The number of hydrogen-bond donors (Lipinski definition) is 1. The molecule has 0 saturated carbocycles. The van der Waals surface area contributed by atoms with Crippen LogP contribution in [0.1, 0.15) is 22.3 Å². The number of nitrogens with two attached hydrogens (primary N) is 1. The second kappa shape index (κ2) is 4.96. The van der Waals surface area contributed by atoms with Gasteiger partial charge >= 0.3 is 0 Å². The Kier molecular flexibility index (Phi) is 3.89. The van der Waals surface area contributed by atoms with Gasteiger partial charge < -0.3 is 5.73 Å². The quantitative estimate of drug-likeness (QED) is 0.824. The average Bonchev–Trinajstić information content (AvgIpc) is 2.14. The number of rotatable bonds is 4. The van der Waals surface area contributed by atoms with Crippen molar-refractivity contribution in [2.24, 2.45) is 5.73 Å². The first-order valence-electron chi connectivity index (χ1n) is 4.35.